The summed E-state index contributed by atoms with van der Waals surface area (Å²) in [5.74, 6) is -2.34. The lowest BCUT2D eigenvalue weighted by atomic mass is 9.91. The summed E-state index contributed by atoms with van der Waals surface area (Å²) in [6, 6.07) is 6.91. The normalized spacial score (nSPS) is 19.0. The number of carbonyl (C=O) groups excluding carboxylic acids is 3. The van der Waals surface area contributed by atoms with Gasteiger partial charge >= 0.3 is 17.9 Å². The van der Waals surface area contributed by atoms with Gasteiger partial charge in [-0.25, -0.2) is 19.4 Å². The van der Waals surface area contributed by atoms with E-state index in [0.29, 0.717) is 17.9 Å². The number of esters is 1. The molecule has 1 aromatic carbocycles. The quantitative estimate of drug-likeness (QED) is 0.216. The molecule has 26 heavy (non-hydrogen) atoms. The van der Waals surface area contributed by atoms with Crippen molar-refractivity contribution in [3.63, 3.8) is 0 Å². The predicted molar refractivity (Wildman–Crippen MR) is 94.7 cm³/mol. The van der Waals surface area contributed by atoms with Crippen LogP contribution < -0.4 is 4.74 Å². The van der Waals surface area contributed by atoms with Crippen LogP contribution in [0.3, 0.4) is 0 Å². The van der Waals surface area contributed by atoms with Crippen molar-refractivity contribution in [3.05, 3.63) is 29.8 Å². The molecule has 7 nitrogen and oxygen atoms in total. The number of alkyl halides is 1. The van der Waals surface area contributed by atoms with Crippen molar-refractivity contribution in [1.29, 1.82) is 0 Å². The molecule has 142 valence electrons. The molecule has 0 spiro atoms. The molecule has 0 aliphatic carbocycles. The smallest absolute Gasteiger partial charge is 0.396 e. The second kappa shape index (κ2) is 9.56. The zero-order valence-electron chi connectivity index (χ0n) is 14.6. The number of halogens is 1. The first kappa shape index (κ1) is 20.2. The lowest BCUT2D eigenvalue weighted by Crippen LogP contribution is -2.41. The fourth-order valence-corrected chi connectivity index (χ4v) is 3.13. The Morgan fingerprint density at radius 3 is 2.46 bits per heavy atom. The Morgan fingerprint density at radius 1 is 1.15 bits per heavy atom. The van der Waals surface area contributed by atoms with Crippen LogP contribution in [0.25, 0.3) is 0 Å². The molecule has 3 rings (SSSR count). The van der Waals surface area contributed by atoms with Gasteiger partial charge in [0.15, 0.2) is 0 Å². The van der Waals surface area contributed by atoms with E-state index in [1.807, 2.05) is 6.92 Å². The Kier molecular flexibility index (Phi) is 7.44. The van der Waals surface area contributed by atoms with E-state index in [1.165, 1.54) is 0 Å². The lowest BCUT2D eigenvalue weighted by Gasteiger charge is -2.25. The van der Waals surface area contributed by atoms with Crippen molar-refractivity contribution < 1.29 is 33.6 Å². The molecule has 8 heteroatoms. The molecule has 0 saturated carbocycles. The first-order valence-electron chi connectivity index (χ1n) is 8.46. The molecule has 2 heterocycles. The zero-order valence-corrected chi connectivity index (χ0v) is 16.2. The maximum absolute atomic E-state index is 12.4. The SMILES string of the molecule is CCCCOC(=O)C(Br)C1c2ccc(cc2)OC1C(=O)OOC(=O)CC. The molecule has 0 radical (unpaired) electrons. The summed E-state index contributed by atoms with van der Waals surface area (Å²) >= 11 is 3.33. The van der Waals surface area contributed by atoms with Crippen molar-refractivity contribution >= 4 is 33.8 Å². The standard InChI is InChI=1S/C18H21BrO7/c1-3-5-10-23-17(21)15(19)14-11-6-8-12(9-7-11)24-16(14)18(22)26-25-13(20)4-2/h6-9,14-16H,3-5,10H2,1-2H3. The maximum Gasteiger partial charge on any atom is 0.396 e. The third-order valence-electron chi connectivity index (χ3n) is 3.87. The van der Waals surface area contributed by atoms with Gasteiger partial charge < -0.3 is 9.47 Å². The number of benzene rings is 1. The largest absolute Gasteiger partial charge is 0.478 e. The highest BCUT2D eigenvalue weighted by Gasteiger charge is 2.43. The van der Waals surface area contributed by atoms with Crippen molar-refractivity contribution in [3.8, 4) is 5.75 Å². The molecule has 1 aromatic rings. The molecular formula is C18H21BrO7. The van der Waals surface area contributed by atoms with E-state index in [-0.39, 0.29) is 6.42 Å². The Balaban J connectivity index is 2.16. The topological polar surface area (TPSA) is 88.1 Å². The molecule has 0 N–H and O–H groups in total. The first-order valence-corrected chi connectivity index (χ1v) is 9.38. The Bertz CT molecular complexity index is 643. The van der Waals surface area contributed by atoms with E-state index in [2.05, 4.69) is 25.7 Å². The molecule has 3 atom stereocenters. The number of unbranched alkanes of at least 4 members (excludes halogenated alkanes) is 1. The van der Waals surface area contributed by atoms with Gasteiger partial charge in [0, 0.05) is 6.42 Å². The average Bonchev–Trinajstić information content (AvgIpc) is 2.95. The van der Waals surface area contributed by atoms with Gasteiger partial charge in [0.05, 0.1) is 12.5 Å². The second-order valence-corrected chi connectivity index (χ2v) is 6.75. The van der Waals surface area contributed by atoms with Crippen LogP contribution in [0.2, 0.25) is 0 Å². The highest BCUT2D eigenvalue weighted by molar-refractivity contribution is 9.10. The number of rotatable bonds is 7. The summed E-state index contributed by atoms with van der Waals surface area (Å²) in [6.07, 6.45) is 0.536. The minimum Gasteiger partial charge on any atom is -0.478 e. The van der Waals surface area contributed by atoms with Crippen LogP contribution in [0.1, 0.15) is 44.6 Å². The summed E-state index contributed by atoms with van der Waals surface area (Å²) in [7, 11) is 0. The number of hydrogen-bond acceptors (Lipinski definition) is 7. The van der Waals surface area contributed by atoms with Crippen LogP contribution in [-0.2, 0) is 28.9 Å². The van der Waals surface area contributed by atoms with Crippen LogP contribution in [0.4, 0.5) is 0 Å². The van der Waals surface area contributed by atoms with Gasteiger partial charge in [-0.05, 0) is 24.1 Å². The molecular weight excluding hydrogens is 408 g/mol. The fraction of sp³-hybridized carbons (Fsp3) is 0.500. The minimum absolute atomic E-state index is 0.0604. The Hall–Kier alpha value is -2.09. The van der Waals surface area contributed by atoms with Crippen molar-refractivity contribution in [1.82, 2.24) is 0 Å². The number of ether oxygens (including phenoxy) is 2. The van der Waals surface area contributed by atoms with Crippen LogP contribution in [-0.4, -0.2) is 35.4 Å². The number of hydrogen-bond donors (Lipinski definition) is 0. The van der Waals surface area contributed by atoms with Crippen molar-refractivity contribution in [2.24, 2.45) is 0 Å². The third kappa shape index (κ3) is 4.97. The fourth-order valence-electron chi connectivity index (χ4n) is 2.42. The molecule has 2 aliphatic heterocycles. The van der Waals surface area contributed by atoms with Gasteiger partial charge in [-0.2, -0.15) is 0 Å². The molecule has 3 unspecified atom stereocenters. The Labute approximate surface area is 160 Å². The molecule has 0 saturated heterocycles. The molecule has 2 bridgehead atoms. The number of fused-ring (bicyclic) bond motifs is 4. The maximum atomic E-state index is 12.4. The molecule has 0 aromatic heterocycles. The second-order valence-electron chi connectivity index (χ2n) is 5.77. The van der Waals surface area contributed by atoms with Crippen LogP contribution in [0.15, 0.2) is 24.3 Å². The zero-order chi connectivity index (χ0) is 19.1. The molecule has 0 fully saturated rings. The highest BCUT2D eigenvalue weighted by atomic mass is 79.9. The van der Waals surface area contributed by atoms with Gasteiger partial charge in [-0.15, -0.1) is 0 Å². The van der Waals surface area contributed by atoms with E-state index in [1.54, 1.807) is 31.2 Å². The summed E-state index contributed by atoms with van der Waals surface area (Å²) in [5.41, 5.74) is 0.698. The van der Waals surface area contributed by atoms with Gasteiger partial charge in [0.2, 0.25) is 6.10 Å². The van der Waals surface area contributed by atoms with Gasteiger partial charge in [-0.3, -0.25) is 4.79 Å². The molecule has 0 amide bonds. The monoisotopic (exact) mass is 428 g/mol. The van der Waals surface area contributed by atoms with E-state index in [0.717, 1.165) is 12.8 Å². The van der Waals surface area contributed by atoms with Crippen LogP contribution >= 0.6 is 15.9 Å². The lowest BCUT2D eigenvalue weighted by molar-refractivity contribution is -0.264. The van der Waals surface area contributed by atoms with E-state index in [9.17, 15) is 14.4 Å². The van der Waals surface area contributed by atoms with E-state index >= 15 is 0 Å². The highest BCUT2D eigenvalue weighted by Crippen LogP contribution is 2.36. The van der Waals surface area contributed by atoms with Gasteiger partial charge in [0.25, 0.3) is 0 Å². The van der Waals surface area contributed by atoms with Crippen molar-refractivity contribution in [2.75, 3.05) is 6.61 Å². The van der Waals surface area contributed by atoms with Gasteiger partial charge in [-0.1, -0.05) is 48.3 Å². The van der Waals surface area contributed by atoms with Gasteiger partial charge in [0.1, 0.15) is 10.6 Å². The third-order valence-corrected chi connectivity index (χ3v) is 4.82. The van der Waals surface area contributed by atoms with Crippen LogP contribution in [0.5, 0.6) is 5.75 Å². The summed E-state index contributed by atoms with van der Waals surface area (Å²) in [4.78, 5) is 44.2. The van der Waals surface area contributed by atoms with Crippen molar-refractivity contribution in [2.45, 2.75) is 50.0 Å². The number of carbonyl (C=O) groups is 3. The van der Waals surface area contributed by atoms with Crippen LogP contribution in [0, 0.1) is 0 Å². The summed E-state index contributed by atoms with van der Waals surface area (Å²) in [6.45, 7) is 3.86. The Morgan fingerprint density at radius 2 is 1.85 bits per heavy atom. The first-order chi connectivity index (χ1) is 12.5. The van der Waals surface area contributed by atoms with E-state index in [4.69, 9.17) is 9.47 Å². The molecule has 2 aliphatic rings. The average molecular weight is 429 g/mol. The summed E-state index contributed by atoms with van der Waals surface area (Å²) < 4.78 is 10.9. The van der Waals surface area contributed by atoms with E-state index < -0.39 is 34.8 Å². The summed E-state index contributed by atoms with van der Waals surface area (Å²) in [5, 5.41) is 0. The predicted octanol–water partition coefficient (Wildman–Crippen LogP) is 3.05. The minimum atomic E-state index is -1.17.